The minimum Gasteiger partial charge on any atom is -0.374 e. The van der Waals surface area contributed by atoms with Crippen LogP contribution in [0.3, 0.4) is 0 Å². The van der Waals surface area contributed by atoms with Crippen molar-refractivity contribution in [1.82, 2.24) is 0 Å². The van der Waals surface area contributed by atoms with Crippen molar-refractivity contribution in [2.75, 3.05) is 13.2 Å². The summed E-state index contributed by atoms with van der Waals surface area (Å²) in [5.41, 5.74) is -0.717. The van der Waals surface area contributed by atoms with Gasteiger partial charge in [-0.2, -0.15) is 0 Å². The molecule has 4 nitrogen and oxygen atoms in total. The van der Waals surface area contributed by atoms with Gasteiger partial charge in [0.25, 0.3) is 0 Å². The van der Waals surface area contributed by atoms with E-state index in [1.54, 1.807) is 0 Å². The molecule has 2 fully saturated rings. The summed E-state index contributed by atoms with van der Waals surface area (Å²) >= 11 is 0. The Kier molecular flexibility index (Phi) is 3.85. The first-order chi connectivity index (χ1) is 8.69. The Labute approximate surface area is 114 Å². The first-order valence-corrected chi connectivity index (χ1v) is 7.02. The summed E-state index contributed by atoms with van der Waals surface area (Å²) in [6.07, 6.45) is 1.44. The van der Waals surface area contributed by atoms with Crippen molar-refractivity contribution < 1.29 is 19.1 Å². The van der Waals surface area contributed by atoms with E-state index in [1.807, 2.05) is 27.7 Å². The SMILES string of the molecule is CC1(C)CC(=O)[C@@H](C[C@@H]2COC(C)(C)CC2=O)CO1. The first-order valence-electron chi connectivity index (χ1n) is 7.02. The van der Waals surface area contributed by atoms with Crippen molar-refractivity contribution in [3.05, 3.63) is 0 Å². The zero-order valence-electron chi connectivity index (χ0n) is 12.3. The summed E-state index contributed by atoms with van der Waals surface area (Å²) in [6, 6.07) is 0. The number of rotatable bonds is 2. The number of Topliss-reactive ketones (excluding diaryl/α,β-unsaturated/α-hetero) is 2. The van der Waals surface area contributed by atoms with Crippen molar-refractivity contribution in [3.8, 4) is 0 Å². The molecule has 2 rings (SSSR count). The molecule has 4 heteroatoms. The molecule has 0 N–H and O–H groups in total. The predicted molar refractivity (Wildman–Crippen MR) is 70.9 cm³/mol. The van der Waals surface area contributed by atoms with Crippen LogP contribution in [0.25, 0.3) is 0 Å². The summed E-state index contributed by atoms with van der Waals surface area (Å²) in [7, 11) is 0. The van der Waals surface area contributed by atoms with Gasteiger partial charge >= 0.3 is 0 Å². The van der Waals surface area contributed by atoms with Crippen molar-refractivity contribution in [1.29, 1.82) is 0 Å². The van der Waals surface area contributed by atoms with E-state index in [2.05, 4.69) is 0 Å². The Bertz CT molecular complexity index is 348. The number of hydrogen-bond donors (Lipinski definition) is 0. The lowest BCUT2D eigenvalue weighted by molar-refractivity contribution is -0.153. The Morgan fingerprint density at radius 1 is 0.895 bits per heavy atom. The van der Waals surface area contributed by atoms with Crippen LogP contribution in [0.15, 0.2) is 0 Å². The van der Waals surface area contributed by atoms with Crippen LogP contribution in [0.1, 0.15) is 47.0 Å². The van der Waals surface area contributed by atoms with E-state index in [0.29, 0.717) is 32.5 Å². The summed E-state index contributed by atoms with van der Waals surface area (Å²) < 4.78 is 11.4. The van der Waals surface area contributed by atoms with Gasteiger partial charge in [-0.15, -0.1) is 0 Å². The third kappa shape index (κ3) is 3.63. The van der Waals surface area contributed by atoms with Gasteiger partial charge in [0.05, 0.1) is 24.4 Å². The summed E-state index contributed by atoms with van der Waals surface area (Å²) in [4.78, 5) is 24.2. The molecule has 0 aromatic carbocycles. The third-order valence-corrected chi connectivity index (χ3v) is 4.03. The Hall–Kier alpha value is -0.740. The van der Waals surface area contributed by atoms with Crippen LogP contribution in [0, 0.1) is 11.8 Å². The maximum absolute atomic E-state index is 12.1. The highest BCUT2D eigenvalue weighted by molar-refractivity contribution is 5.86. The van der Waals surface area contributed by atoms with Gasteiger partial charge in [-0.3, -0.25) is 9.59 Å². The van der Waals surface area contributed by atoms with E-state index in [1.165, 1.54) is 0 Å². The van der Waals surface area contributed by atoms with Crippen molar-refractivity contribution >= 4 is 11.6 Å². The molecule has 2 heterocycles. The highest BCUT2D eigenvalue weighted by Crippen LogP contribution is 2.32. The molecule has 2 aliphatic heterocycles. The molecule has 2 saturated heterocycles. The van der Waals surface area contributed by atoms with E-state index in [-0.39, 0.29) is 34.6 Å². The van der Waals surface area contributed by atoms with Gasteiger partial charge in [0.1, 0.15) is 11.6 Å². The van der Waals surface area contributed by atoms with Gasteiger partial charge in [-0.05, 0) is 34.1 Å². The second kappa shape index (κ2) is 4.98. The second-order valence-electron chi connectivity index (χ2n) is 7.06. The molecule has 0 radical (unpaired) electrons. The number of carbonyl (C=O) groups excluding carboxylic acids is 2. The molecular formula is C15H24O4. The highest BCUT2D eigenvalue weighted by Gasteiger charge is 2.39. The Morgan fingerprint density at radius 2 is 1.26 bits per heavy atom. The number of ketones is 2. The molecule has 2 aliphatic rings. The largest absolute Gasteiger partial charge is 0.374 e. The molecule has 0 aromatic heterocycles. The minimum absolute atomic E-state index is 0.146. The lowest BCUT2D eigenvalue weighted by Gasteiger charge is -2.37. The molecule has 0 saturated carbocycles. The van der Waals surface area contributed by atoms with Gasteiger partial charge in [0, 0.05) is 24.7 Å². The van der Waals surface area contributed by atoms with E-state index >= 15 is 0 Å². The molecule has 0 amide bonds. The van der Waals surface area contributed by atoms with Gasteiger partial charge in [-0.1, -0.05) is 0 Å². The Morgan fingerprint density at radius 3 is 1.58 bits per heavy atom. The van der Waals surface area contributed by atoms with Gasteiger partial charge in [0.15, 0.2) is 0 Å². The number of carbonyl (C=O) groups is 2. The fraction of sp³-hybridized carbons (Fsp3) is 0.867. The van der Waals surface area contributed by atoms with Crippen molar-refractivity contribution in [2.45, 2.75) is 58.2 Å². The van der Waals surface area contributed by atoms with Gasteiger partial charge in [-0.25, -0.2) is 0 Å². The fourth-order valence-electron chi connectivity index (χ4n) is 2.81. The zero-order valence-corrected chi connectivity index (χ0v) is 12.3. The van der Waals surface area contributed by atoms with Crippen molar-refractivity contribution in [2.24, 2.45) is 11.8 Å². The topological polar surface area (TPSA) is 52.6 Å². The van der Waals surface area contributed by atoms with Crippen LogP contribution in [-0.4, -0.2) is 36.0 Å². The molecule has 19 heavy (non-hydrogen) atoms. The molecule has 0 bridgehead atoms. The van der Waals surface area contributed by atoms with Crippen LogP contribution >= 0.6 is 0 Å². The van der Waals surface area contributed by atoms with E-state index < -0.39 is 0 Å². The monoisotopic (exact) mass is 268 g/mol. The average Bonchev–Trinajstić information content (AvgIpc) is 2.23. The third-order valence-electron chi connectivity index (χ3n) is 4.03. The van der Waals surface area contributed by atoms with Crippen LogP contribution in [-0.2, 0) is 19.1 Å². The molecule has 0 spiro atoms. The van der Waals surface area contributed by atoms with E-state index in [0.717, 1.165) is 0 Å². The first kappa shape index (κ1) is 14.7. The molecule has 0 unspecified atom stereocenters. The van der Waals surface area contributed by atoms with Crippen LogP contribution in [0.2, 0.25) is 0 Å². The Balaban J connectivity index is 1.92. The zero-order chi connectivity index (χ0) is 14.3. The quantitative estimate of drug-likeness (QED) is 0.770. The summed E-state index contributed by atoms with van der Waals surface area (Å²) in [5.74, 6) is 0.140. The van der Waals surface area contributed by atoms with Crippen LogP contribution in [0.4, 0.5) is 0 Å². The fourth-order valence-corrected chi connectivity index (χ4v) is 2.81. The molecule has 108 valence electrons. The molecular weight excluding hydrogens is 244 g/mol. The normalized spacial score (nSPS) is 34.3. The van der Waals surface area contributed by atoms with Crippen molar-refractivity contribution in [3.63, 3.8) is 0 Å². The number of hydrogen-bond acceptors (Lipinski definition) is 4. The number of ether oxygens (including phenoxy) is 2. The smallest absolute Gasteiger partial charge is 0.141 e. The highest BCUT2D eigenvalue weighted by atomic mass is 16.5. The lowest BCUT2D eigenvalue weighted by atomic mass is 9.80. The maximum Gasteiger partial charge on any atom is 0.141 e. The summed E-state index contributed by atoms with van der Waals surface area (Å²) in [6.45, 7) is 8.58. The second-order valence-corrected chi connectivity index (χ2v) is 7.06. The minimum atomic E-state index is -0.358. The van der Waals surface area contributed by atoms with Gasteiger partial charge in [0.2, 0.25) is 0 Å². The summed E-state index contributed by atoms with van der Waals surface area (Å²) in [5, 5.41) is 0. The van der Waals surface area contributed by atoms with Crippen LogP contribution in [0.5, 0.6) is 0 Å². The molecule has 0 aromatic rings. The molecule has 2 atom stereocenters. The maximum atomic E-state index is 12.1. The lowest BCUT2D eigenvalue weighted by Crippen LogP contribution is -2.44. The molecule has 0 aliphatic carbocycles. The van der Waals surface area contributed by atoms with Gasteiger partial charge < -0.3 is 9.47 Å². The average molecular weight is 268 g/mol. The van der Waals surface area contributed by atoms with E-state index in [9.17, 15) is 9.59 Å². The van der Waals surface area contributed by atoms with E-state index in [4.69, 9.17) is 9.47 Å². The van der Waals surface area contributed by atoms with Crippen LogP contribution < -0.4 is 0 Å². The standard InChI is InChI=1S/C15H24O4/c1-14(2)6-12(16)10(8-18-14)5-11-9-19-15(3,4)7-13(11)17/h10-11H,5-9H2,1-4H3/t10-,11+. The predicted octanol–water partition coefficient (Wildman–Crippen LogP) is 2.14.